The summed E-state index contributed by atoms with van der Waals surface area (Å²) in [7, 11) is 2.53. The third kappa shape index (κ3) is 18.0. The van der Waals surface area contributed by atoms with Gasteiger partial charge in [-0.1, -0.05) is 72.8 Å². The fourth-order valence-corrected chi connectivity index (χ4v) is 6.18. The fraction of sp³-hybridized carbons (Fsp3) is 0.348. The quantitative estimate of drug-likeness (QED) is 0.0285. The van der Waals surface area contributed by atoms with Crippen LogP contribution in [0.4, 0.5) is 11.4 Å². The molecule has 0 aliphatic rings. The molecule has 0 heterocycles. The van der Waals surface area contributed by atoms with E-state index in [1.807, 2.05) is 72.8 Å². The maximum absolute atomic E-state index is 12.2. The third-order valence-corrected chi connectivity index (χ3v) is 9.22. The Bertz CT molecular complexity index is 2120. The van der Waals surface area contributed by atoms with Crippen LogP contribution < -0.4 is 16.4 Å². The summed E-state index contributed by atoms with van der Waals surface area (Å²) in [6.07, 6.45) is 0.769. The first kappa shape index (κ1) is 49.3. The first-order valence-corrected chi connectivity index (χ1v) is 20.1. The van der Waals surface area contributed by atoms with Crippen LogP contribution in [-0.2, 0) is 60.6 Å². The maximum Gasteiger partial charge on any atom is 0.307 e. The number of nitrogens with one attached hydrogen (secondary N) is 2. The molecular formula is C46H54N4O12. The summed E-state index contributed by atoms with van der Waals surface area (Å²) in [6.45, 7) is 3.95. The molecule has 0 saturated carbocycles. The van der Waals surface area contributed by atoms with E-state index in [4.69, 9.17) is 15.2 Å². The van der Waals surface area contributed by atoms with Crippen LogP contribution in [0.1, 0.15) is 63.5 Å². The standard InChI is InChI=1S/C23H26N2O7.C23H28N2O5/c1-3-32-23(28)15-19(24-21(26)11-12-22(27)31-2)13-16-7-9-17(10-8-16)18-5-4-6-20(14-18)25(29)30;1-3-30-23(28)15-20(25-21(26)11-12-22(27)29-2)13-16-7-9-17(10-8-16)18-5-4-6-19(24)14-18/h4-10,14,19H,3,11-13,15H2,1-2H3,(H,24,26);4-10,14,20H,3,11-13,15,24H2,1-2H3,(H,25,26)/t19-;20-/m11/s1. The Morgan fingerprint density at radius 1 is 0.581 bits per heavy atom. The predicted octanol–water partition coefficient (Wildman–Crippen LogP) is 6.07. The van der Waals surface area contributed by atoms with Crippen molar-refractivity contribution in [3.8, 4) is 22.3 Å². The van der Waals surface area contributed by atoms with E-state index in [-0.39, 0.29) is 75.2 Å². The van der Waals surface area contributed by atoms with Crippen LogP contribution in [-0.4, -0.2) is 80.1 Å². The molecule has 0 saturated heterocycles. The molecule has 0 fully saturated rings. The molecule has 0 radical (unpaired) electrons. The van der Waals surface area contributed by atoms with Gasteiger partial charge in [-0.25, -0.2) is 0 Å². The van der Waals surface area contributed by atoms with Crippen molar-refractivity contribution in [1.29, 1.82) is 0 Å². The fourth-order valence-electron chi connectivity index (χ4n) is 6.18. The molecule has 62 heavy (non-hydrogen) atoms. The summed E-state index contributed by atoms with van der Waals surface area (Å²) in [6, 6.07) is 28.2. The number of hydrogen-bond donors (Lipinski definition) is 3. The number of nitrogen functional groups attached to an aromatic ring is 1. The molecule has 2 atom stereocenters. The number of nitro groups is 1. The highest BCUT2D eigenvalue weighted by molar-refractivity contribution is 5.83. The van der Waals surface area contributed by atoms with Gasteiger partial charge in [-0.2, -0.15) is 0 Å². The number of hydrogen-bond acceptors (Lipinski definition) is 13. The van der Waals surface area contributed by atoms with Gasteiger partial charge in [0.1, 0.15) is 0 Å². The molecule has 0 bridgehead atoms. The second kappa shape index (κ2) is 26.2. The van der Waals surface area contributed by atoms with Gasteiger partial charge < -0.3 is 35.3 Å². The first-order chi connectivity index (χ1) is 29.7. The summed E-state index contributed by atoms with van der Waals surface area (Å²) in [5.41, 5.74) is 11.9. The van der Waals surface area contributed by atoms with E-state index >= 15 is 0 Å². The molecule has 0 unspecified atom stereocenters. The van der Waals surface area contributed by atoms with Gasteiger partial charge in [-0.15, -0.1) is 0 Å². The average Bonchev–Trinajstić information content (AvgIpc) is 3.25. The van der Waals surface area contributed by atoms with Gasteiger partial charge in [0.05, 0.1) is 58.0 Å². The first-order valence-electron chi connectivity index (χ1n) is 20.1. The van der Waals surface area contributed by atoms with Crippen LogP contribution in [0.5, 0.6) is 0 Å². The summed E-state index contributed by atoms with van der Waals surface area (Å²) in [5.74, 6) is -2.43. The number of non-ortho nitro benzene ring substituents is 1. The topological polar surface area (TPSA) is 233 Å². The Kier molecular flexibility index (Phi) is 20.8. The number of benzene rings is 4. The van der Waals surface area contributed by atoms with Gasteiger partial charge in [-0.3, -0.25) is 38.9 Å². The molecule has 4 rings (SSSR count). The molecule has 4 N–H and O–H groups in total. The van der Waals surface area contributed by atoms with Crippen LogP contribution >= 0.6 is 0 Å². The van der Waals surface area contributed by atoms with Crippen LogP contribution in [0.25, 0.3) is 22.3 Å². The number of nitro benzene ring substituents is 1. The van der Waals surface area contributed by atoms with E-state index < -0.39 is 34.9 Å². The number of esters is 4. The minimum absolute atomic E-state index is 0.000363. The average molecular weight is 855 g/mol. The molecular weight excluding hydrogens is 801 g/mol. The zero-order valence-electron chi connectivity index (χ0n) is 35.4. The van der Waals surface area contributed by atoms with Gasteiger partial charge in [0.15, 0.2) is 0 Å². The van der Waals surface area contributed by atoms with E-state index in [1.54, 1.807) is 26.0 Å². The molecule has 16 heteroatoms. The van der Waals surface area contributed by atoms with Crippen molar-refractivity contribution in [3.05, 3.63) is 118 Å². The molecule has 0 aliphatic carbocycles. The van der Waals surface area contributed by atoms with Gasteiger partial charge in [-0.05, 0) is 72.2 Å². The van der Waals surface area contributed by atoms with Gasteiger partial charge in [0.25, 0.3) is 5.69 Å². The van der Waals surface area contributed by atoms with E-state index in [0.717, 1.165) is 27.8 Å². The summed E-state index contributed by atoms with van der Waals surface area (Å²) >= 11 is 0. The molecule has 330 valence electrons. The molecule has 0 aromatic heterocycles. The highest BCUT2D eigenvalue weighted by Crippen LogP contribution is 2.25. The molecule has 16 nitrogen and oxygen atoms in total. The van der Waals surface area contributed by atoms with Crippen molar-refractivity contribution >= 4 is 47.1 Å². The number of nitrogens with zero attached hydrogens (tertiary/aromatic N) is 1. The number of anilines is 1. The lowest BCUT2D eigenvalue weighted by Gasteiger charge is -2.18. The molecule has 0 aliphatic heterocycles. The van der Waals surface area contributed by atoms with Crippen LogP contribution in [0, 0.1) is 10.1 Å². The number of carbonyl (C=O) groups excluding carboxylic acids is 6. The van der Waals surface area contributed by atoms with E-state index in [0.29, 0.717) is 24.1 Å². The monoisotopic (exact) mass is 854 g/mol. The third-order valence-electron chi connectivity index (χ3n) is 9.22. The Balaban J connectivity index is 0.000000331. The Morgan fingerprint density at radius 2 is 1.00 bits per heavy atom. The predicted molar refractivity (Wildman–Crippen MR) is 231 cm³/mol. The van der Waals surface area contributed by atoms with Crippen LogP contribution in [0.2, 0.25) is 0 Å². The minimum Gasteiger partial charge on any atom is -0.469 e. The number of rotatable bonds is 21. The Labute approximate surface area is 360 Å². The number of carbonyl (C=O) groups is 6. The zero-order valence-corrected chi connectivity index (χ0v) is 35.4. The summed E-state index contributed by atoms with van der Waals surface area (Å²) < 4.78 is 19.1. The Morgan fingerprint density at radius 3 is 1.39 bits per heavy atom. The molecule has 4 aromatic rings. The van der Waals surface area contributed by atoms with E-state index in [9.17, 15) is 38.9 Å². The van der Waals surface area contributed by atoms with Gasteiger partial charge in [0, 0.05) is 42.7 Å². The molecule has 0 spiro atoms. The van der Waals surface area contributed by atoms with Crippen LogP contribution in [0.15, 0.2) is 97.1 Å². The molecule has 4 aromatic carbocycles. The second-order valence-corrected chi connectivity index (χ2v) is 13.9. The largest absolute Gasteiger partial charge is 0.469 e. The van der Waals surface area contributed by atoms with Crippen molar-refractivity contribution in [2.75, 3.05) is 33.2 Å². The summed E-state index contributed by atoms with van der Waals surface area (Å²) in [5, 5.41) is 16.6. The normalized spacial score (nSPS) is 11.4. The maximum atomic E-state index is 12.2. The van der Waals surface area contributed by atoms with Crippen molar-refractivity contribution < 1.29 is 52.6 Å². The van der Waals surface area contributed by atoms with E-state index in [2.05, 4.69) is 20.1 Å². The van der Waals surface area contributed by atoms with Gasteiger partial charge in [0.2, 0.25) is 11.8 Å². The SMILES string of the molecule is CCOC(=O)C[C@@H](Cc1ccc(-c2cccc(N)c2)cc1)NC(=O)CCC(=O)OC.CCOC(=O)C[C@@H](Cc1ccc(-c2cccc([N+](=O)[O-])c2)cc1)NC(=O)CCC(=O)OC. The highest BCUT2D eigenvalue weighted by Gasteiger charge is 2.21. The van der Waals surface area contributed by atoms with Crippen molar-refractivity contribution in [2.45, 2.75) is 77.3 Å². The minimum atomic E-state index is -0.511. The zero-order chi connectivity index (χ0) is 45.4. The lowest BCUT2D eigenvalue weighted by atomic mass is 9.99. The molecule has 2 amide bonds. The van der Waals surface area contributed by atoms with E-state index in [1.165, 1.54) is 26.4 Å². The second-order valence-electron chi connectivity index (χ2n) is 13.9. The number of ether oxygens (including phenoxy) is 4. The number of nitrogens with two attached hydrogens (primary N) is 1. The Hall–Kier alpha value is -7.10. The van der Waals surface area contributed by atoms with Crippen molar-refractivity contribution in [2.24, 2.45) is 0 Å². The smallest absolute Gasteiger partial charge is 0.307 e. The van der Waals surface area contributed by atoms with Gasteiger partial charge >= 0.3 is 23.9 Å². The van der Waals surface area contributed by atoms with Crippen LogP contribution in [0.3, 0.4) is 0 Å². The lowest BCUT2D eigenvalue weighted by molar-refractivity contribution is -0.384. The highest BCUT2D eigenvalue weighted by atomic mass is 16.6. The lowest BCUT2D eigenvalue weighted by Crippen LogP contribution is -2.38. The summed E-state index contributed by atoms with van der Waals surface area (Å²) in [4.78, 5) is 81.3. The number of methoxy groups -OCH3 is 2. The van der Waals surface area contributed by atoms with Crippen molar-refractivity contribution in [1.82, 2.24) is 10.6 Å². The van der Waals surface area contributed by atoms with Crippen molar-refractivity contribution in [3.63, 3.8) is 0 Å². The number of amides is 2.